The molecule has 1 aromatic rings. The van der Waals surface area contributed by atoms with Crippen LogP contribution in [-0.4, -0.2) is 63.3 Å². The molecule has 356 valence electrons. The fourth-order valence-electron chi connectivity index (χ4n) is 8.60. The summed E-state index contributed by atoms with van der Waals surface area (Å²) in [7, 11) is 4.06. The number of esters is 2. The predicted octanol–water partition coefficient (Wildman–Crippen LogP) is 13.3. The Labute approximate surface area is 375 Å². The number of carbonyl (C=O) groups is 2. The van der Waals surface area contributed by atoms with Crippen molar-refractivity contribution < 1.29 is 19.1 Å². The van der Waals surface area contributed by atoms with E-state index < -0.39 is 10.9 Å². The Hall–Kier alpha value is -2.42. The molecule has 2 N–H and O–H groups in total. The zero-order valence-corrected chi connectivity index (χ0v) is 40.8. The van der Waals surface area contributed by atoms with Crippen molar-refractivity contribution >= 4 is 23.3 Å². The number of carbonyl (C=O) groups excluding carboxylic acids is 2. The van der Waals surface area contributed by atoms with Crippen molar-refractivity contribution in [2.45, 2.75) is 246 Å². The van der Waals surface area contributed by atoms with Crippen LogP contribution in [0.25, 0.3) is 0 Å². The Balaban J connectivity index is 2.48. The van der Waals surface area contributed by atoms with Crippen LogP contribution in [0.1, 0.15) is 240 Å². The van der Waals surface area contributed by atoms with Crippen molar-refractivity contribution in [2.24, 2.45) is 11.8 Å². The molecule has 9 heteroatoms. The van der Waals surface area contributed by atoms with Crippen molar-refractivity contribution in [3.63, 3.8) is 0 Å². The molecule has 0 fully saturated rings. The maximum Gasteiger partial charge on any atom is 0.305 e. The van der Waals surface area contributed by atoms with Crippen LogP contribution < -0.4 is 21.5 Å². The summed E-state index contributed by atoms with van der Waals surface area (Å²) in [5, 5.41) is 6.72. The van der Waals surface area contributed by atoms with Gasteiger partial charge in [-0.3, -0.25) is 19.2 Å². The summed E-state index contributed by atoms with van der Waals surface area (Å²) in [4.78, 5) is 52.2. The fraction of sp³-hybridized carbons (Fsp3) is 0.885. The minimum Gasteiger partial charge on any atom is -0.466 e. The Morgan fingerprint density at radius 1 is 0.475 bits per heavy atom. The summed E-state index contributed by atoms with van der Waals surface area (Å²) in [5.41, 5.74) is 0.0736. The molecule has 0 amide bonds. The van der Waals surface area contributed by atoms with Gasteiger partial charge in [0.05, 0.1) is 13.2 Å². The molecule has 0 heterocycles. The second kappa shape index (κ2) is 39.2. The first kappa shape index (κ1) is 56.6. The average Bonchev–Trinajstić information content (AvgIpc) is 3.24. The summed E-state index contributed by atoms with van der Waals surface area (Å²) in [6, 6.07) is 0.121. The molecule has 0 bridgehead atoms. The van der Waals surface area contributed by atoms with Crippen LogP contribution in [0.2, 0.25) is 0 Å². The molecule has 0 aliphatic carbocycles. The SMILES string of the molecule is CCCCCC(CCCCC)CCOC(=O)CCCCCCCC(CCCCCCCC(=O)OCCC(CCCCC)CCCCC)Nc1c(NCCCN(C)C)c(=O)c1=O. The third kappa shape index (κ3) is 30.3. The molecule has 0 aliphatic heterocycles. The van der Waals surface area contributed by atoms with E-state index in [1.165, 1.54) is 103 Å². The van der Waals surface area contributed by atoms with Gasteiger partial charge < -0.3 is 25.0 Å². The molecule has 0 aliphatic rings. The summed E-state index contributed by atoms with van der Waals surface area (Å²) in [6.45, 7) is 11.7. The van der Waals surface area contributed by atoms with Crippen LogP contribution >= 0.6 is 0 Å². The Kier molecular flexibility index (Phi) is 36.4. The minimum atomic E-state index is -0.416. The van der Waals surface area contributed by atoms with Gasteiger partial charge in [0.2, 0.25) is 0 Å². The van der Waals surface area contributed by atoms with E-state index in [2.05, 4.69) is 43.2 Å². The van der Waals surface area contributed by atoms with Crippen molar-refractivity contribution in [2.75, 3.05) is 51.0 Å². The molecule has 0 unspecified atom stereocenters. The first-order valence-corrected chi connectivity index (χ1v) is 26.0. The van der Waals surface area contributed by atoms with E-state index in [-0.39, 0.29) is 18.0 Å². The highest BCUT2D eigenvalue weighted by atomic mass is 16.5. The van der Waals surface area contributed by atoms with Crippen molar-refractivity contribution in [3.05, 3.63) is 20.4 Å². The lowest BCUT2D eigenvalue weighted by atomic mass is 9.92. The zero-order chi connectivity index (χ0) is 44.8. The predicted molar refractivity (Wildman–Crippen MR) is 260 cm³/mol. The van der Waals surface area contributed by atoms with E-state index in [4.69, 9.17) is 9.47 Å². The van der Waals surface area contributed by atoms with Crippen molar-refractivity contribution in [3.8, 4) is 0 Å². The van der Waals surface area contributed by atoms with E-state index >= 15 is 0 Å². The number of hydrogen-bond donors (Lipinski definition) is 2. The largest absolute Gasteiger partial charge is 0.466 e. The molecule has 1 aromatic carbocycles. The van der Waals surface area contributed by atoms with E-state index in [1.54, 1.807) is 0 Å². The number of nitrogens with one attached hydrogen (secondary N) is 2. The lowest BCUT2D eigenvalue weighted by Crippen LogP contribution is -2.40. The smallest absolute Gasteiger partial charge is 0.305 e. The third-order valence-corrected chi connectivity index (χ3v) is 12.7. The Bertz CT molecular complexity index is 1180. The van der Waals surface area contributed by atoms with Gasteiger partial charge in [-0.1, -0.05) is 182 Å². The van der Waals surface area contributed by atoms with Gasteiger partial charge in [-0.25, -0.2) is 0 Å². The maximum absolute atomic E-state index is 12.7. The summed E-state index contributed by atoms with van der Waals surface area (Å²) in [5.74, 6) is 1.24. The summed E-state index contributed by atoms with van der Waals surface area (Å²) >= 11 is 0. The van der Waals surface area contributed by atoms with Crippen LogP contribution in [0, 0.1) is 11.8 Å². The number of ether oxygens (including phenoxy) is 2. The standard InChI is InChI=1S/C52H97N3O6/c1-7-11-21-30-44(31-22-12-8-2)38-42-60-47(56)36-27-19-15-17-25-34-46(54-50-49(51(58)52(50)59)53-40-29-41-55(5)6)35-26-18-16-20-28-37-48(57)61-43-39-45(32-23-13-9-3)33-24-14-10-4/h44-46,53-54H,7-43H2,1-6H3. The Morgan fingerprint density at radius 2 is 0.852 bits per heavy atom. The molecule has 0 saturated heterocycles. The van der Waals surface area contributed by atoms with Gasteiger partial charge in [0.1, 0.15) is 11.4 Å². The molecule has 9 nitrogen and oxygen atoms in total. The molecular weight excluding hydrogens is 763 g/mol. The first-order valence-electron chi connectivity index (χ1n) is 26.0. The number of unbranched alkanes of at least 4 members (excludes halogenated alkanes) is 16. The van der Waals surface area contributed by atoms with Gasteiger partial charge >= 0.3 is 11.9 Å². The van der Waals surface area contributed by atoms with Crippen LogP contribution in [0.4, 0.5) is 11.4 Å². The first-order chi connectivity index (χ1) is 29.7. The lowest BCUT2D eigenvalue weighted by Gasteiger charge is -2.23. The molecule has 0 radical (unpaired) electrons. The molecule has 0 spiro atoms. The Morgan fingerprint density at radius 3 is 1.26 bits per heavy atom. The van der Waals surface area contributed by atoms with Gasteiger partial charge in [0.15, 0.2) is 0 Å². The van der Waals surface area contributed by atoms with Crippen LogP contribution in [0.15, 0.2) is 9.59 Å². The summed E-state index contributed by atoms with van der Waals surface area (Å²) < 4.78 is 11.3. The molecule has 0 atom stereocenters. The molecule has 61 heavy (non-hydrogen) atoms. The highest BCUT2D eigenvalue weighted by Gasteiger charge is 2.23. The van der Waals surface area contributed by atoms with Gasteiger partial charge in [-0.2, -0.15) is 0 Å². The topological polar surface area (TPSA) is 114 Å². The normalized spacial score (nSPS) is 11.8. The monoisotopic (exact) mass is 860 g/mol. The maximum atomic E-state index is 12.7. The summed E-state index contributed by atoms with van der Waals surface area (Å²) in [6.07, 6.45) is 36.1. The van der Waals surface area contributed by atoms with E-state index in [0.717, 1.165) is 103 Å². The quantitative estimate of drug-likeness (QED) is 0.0376. The minimum absolute atomic E-state index is 0.0566. The third-order valence-electron chi connectivity index (χ3n) is 12.7. The number of nitrogens with zero attached hydrogens (tertiary/aromatic N) is 1. The molecule has 1 rings (SSSR count). The van der Waals surface area contributed by atoms with Gasteiger partial charge in [-0.15, -0.1) is 0 Å². The van der Waals surface area contributed by atoms with E-state index in [9.17, 15) is 19.2 Å². The van der Waals surface area contributed by atoms with Gasteiger partial charge in [-0.05, 0) is 77.4 Å². The highest BCUT2D eigenvalue weighted by Crippen LogP contribution is 2.24. The van der Waals surface area contributed by atoms with Gasteiger partial charge in [0, 0.05) is 25.4 Å². The second-order valence-corrected chi connectivity index (χ2v) is 18.7. The molecule has 0 saturated carbocycles. The second-order valence-electron chi connectivity index (χ2n) is 18.7. The van der Waals surface area contributed by atoms with Crippen LogP contribution in [0.5, 0.6) is 0 Å². The van der Waals surface area contributed by atoms with Crippen molar-refractivity contribution in [1.29, 1.82) is 0 Å². The van der Waals surface area contributed by atoms with E-state index in [1.807, 2.05) is 14.1 Å². The average molecular weight is 860 g/mol. The zero-order valence-electron chi connectivity index (χ0n) is 40.8. The molecule has 0 aromatic heterocycles. The fourth-order valence-corrected chi connectivity index (χ4v) is 8.60. The highest BCUT2D eigenvalue weighted by molar-refractivity contribution is 5.74. The van der Waals surface area contributed by atoms with Crippen molar-refractivity contribution in [1.82, 2.24) is 4.90 Å². The lowest BCUT2D eigenvalue weighted by molar-refractivity contribution is -0.145. The van der Waals surface area contributed by atoms with E-state index in [0.29, 0.717) is 55.8 Å². The number of rotatable bonds is 45. The van der Waals surface area contributed by atoms with Crippen LogP contribution in [0.3, 0.4) is 0 Å². The number of hydrogen-bond acceptors (Lipinski definition) is 9. The van der Waals surface area contributed by atoms with Gasteiger partial charge in [0.25, 0.3) is 10.9 Å². The number of anilines is 2. The van der Waals surface area contributed by atoms with Crippen LogP contribution in [-0.2, 0) is 19.1 Å². The molecular formula is C52H97N3O6.